The molecule has 0 bridgehead atoms. The molecular weight excluding hydrogens is 256 g/mol. The van der Waals surface area contributed by atoms with E-state index in [2.05, 4.69) is 9.88 Å². The van der Waals surface area contributed by atoms with Crippen LogP contribution >= 0.6 is 0 Å². The van der Waals surface area contributed by atoms with Crippen molar-refractivity contribution < 1.29 is 14.3 Å². The van der Waals surface area contributed by atoms with Crippen molar-refractivity contribution in [3.63, 3.8) is 0 Å². The zero-order valence-corrected chi connectivity index (χ0v) is 11.3. The number of nitrogens with zero attached hydrogens (tertiary/aromatic N) is 2. The summed E-state index contributed by atoms with van der Waals surface area (Å²) in [6, 6.07) is 9.96. The Bertz CT molecular complexity index is 624. The molecule has 2 aromatic rings. The van der Waals surface area contributed by atoms with Crippen LogP contribution in [0.25, 0.3) is 10.9 Å². The predicted molar refractivity (Wildman–Crippen MR) is 75.7 cm³/mol. The minimum Gasteiger partial charge on any atom is -0.467 e. The maximum absolute atomic E-state index is 11.6. The Balaban J connectivity index is 1.92. The first-order valence-corrected chi connectivity index (χ1v) is 6.58. The van der Waals surface area contributed by atoms with Gasteiger partial charge in [0.15, 0.2) is 6.10 Å². The number of pyridine rings is 1. The van der Waals surface area contributed by atoms with Gasteiger partial charge in [0.2, 0.25) is 0 Å². The zero-order valence-electron chi connectivity index (χ0n) is 11.3. The van der Waals surface area contributed by atoms with Crippen LogP contribution < -0.4 is 4.90 Å². The minimum absolute atomic E-state index is 0.326. The number of hydrogen-bond donors (Lipinski definition) is 0. The lowest BCUT2D eigenvalue weighted by molar-refractivity contribution is -0.154. The molecule has 5 nitrogen and oxygen atoms in total. The number of anilines is 1. The summed E-state index contributed by atoms with van der Waals surface area (Å²) in [4.78, 5) is 18.1. The van der Waals surface area contributed by atoms with Gasteiger partial charge in [-0.3, -0.25) is 4.98 Å². The van der Waals surface area contributed by atoms with E-state index < -0.39 is 6.10 Å². The van der Waals surface area contributed by atoms with Crippen molar-refractivity contribution in [3.05, 3.63) is 36.5 Å². The van der Waals surface area contributed by atoms with Crippen LogP contribution in [-0.2, 0) is 14.3 Å². The third-order valence-electron chi connectivity index (χ3n) is 3.50. The zero-order chi connectivity index (χ0) is 13.9. The minimum atomic E-state index is -0.527. The van der Waals surface area contributed by atoms with Gasteiger partial charge in [0, 0.05) is 23.8 Å². The molecule has 1 unspecified atom stereocenters. The van der Waals surface area contributed by atoms with Crippen LogP contribution in [0.2, 0.25) is 0 Å². The number of benzene rings is 1. The van der Waals surface area contributed by atoms with E-state index in [0.717, 1.165) is 23.1 Å². The molecule has 1 aromatic carbocycles. The van der Waals surface area contributed by atoms with Crippen LogP contribution in [0, 0.1) is 0 Å². The van der Waals surface area contributed by atoms with Crippen molar-refractivity contribution in [2.45, 2.75) is 6.10 Å². The lowest BCUT2D eigenvalue weighted by atomic mass is 10.1. The van der Waals surface area contributed by atoms with Crippen molar-refractivity contribution in [3.8, 4) is 0 Å². The molecule has 0 saturated carbocycles. The van der Waals surface area contributed by atoms with Gasteiger partial charge in [-0.25, -0.2) is 4.79 Å². The molecule has 0 spiro atoms. The van der Waals surface area contributed by atoms with Crippen LogP contribution in [0.15, 0.2) is 36.5 Å². The van der Waals surface area contributed by atoms with Crippen LogP contribution in [0.4, 0.5) is 5.69 Å². The number of carbonyl (C=O) groups excluding carboxylic acids is 1. The van der Waals surface area contributed by atoms with E-state index in [4.69, 9.17) is 9.47 Å². The van der Waals surface area contributed by atoms with Crippen LogP contribution in [-0.4, -0.2) is 43.9 Å². The maximum atomic E-state index is 11.6. The fourth-order valence-electron chi connectivity index (χ4n) is 2.50. The molecule has 2 heterocycles. The number of para-hydroxylation sites is 1. The summed E-state index contributed by atoms with van der Waals surface area (Å²) >= 11 is 0. The first kappa shape index (κ1) is 12.9. The lowest BCUT2D eigenvalue weighted by Crippen LogP contribution is -2.46. The van der Waals surface area contributed by atoms with Crippen LogP contribution in [0.3, 0.4) is 0 Å². The summed E-state index contributed by atoms with van der Waals surface area (Å²) in [5.74, 6) is -0.326. The fraction of sp³-hybridized carbons (Fsp3) is 0.333. The average Bonchev–Trinajstić information content (AvgIpc) is 2.53. The highest BCUT2D eigenvalue weighted by Crippen LogP contribution is 2.26. The molecule has 3 rings (SSSR count). The van der Waals surface area contributed by atoms with Gasteiger partial charge in [0.05, 0.1) is 25.8 Å². The van der Waals surface area contributed by atoms with Gasteiger partial charge in [-0.05, 0) is 12.1 Å². The molecule has 104 valence electrons. The molecule has 1 saturated heterocycles. The lowest BCUT2D eigenvalue weighted by Gasteiger charge is -2.33. The van der Waals surface area contributed by atoms with Crippen molar-refractivity contribution in [1.82, 2.24) is 4.98 Å². The van der Waals surface area contributed by atoms with Crippen molar-refractivity contribution >= 4 is 22.6 Å². The predicted octanol–water partition coefficient (Wildman–Crippen LogP) is 1.61. The van der Waals surface area contributed by atoms with E-state index in [1.165, 1.54) is 7.11 Å². The number of methoxy groups -OCH3 is 1. The summed E-state index contributed by atoms with van der Waals surface area (Å²) in [6.45, 7) is 1.76. The van der Waals surface area contributed by atoms with E-state index in [1.54, 1.807) is 6.20 Å². The van der Waals surface area contributed by atoms with E-state index in [0.29, 0.717) is 13.2 Å². The molecule has 0 radical (unpaired) electrons. The number of carbonyl (C=O) groups is 1. The third-order valence-corrected chi connectivity index (χ3v) is 3.50. The second-order valence-corrected chi connectivity index (χ2v) is 4.68. The summed E-state index contributed by atoms with van der Waals surface area (Å²) in [6.07, 6.45) is 1.26. The number of aromatic nitrogens is 1. The summed E-state index contributed by atoms with van der Waals surface area (Å²) < 4.78 is 10.2. The van der Waals surface area contributed by atoms with E-state index in [9.17, 15) is 4.79 Å². The number of morpholine rings is 1. The highest BCUT2D eigenvalue weighted by Gasteiger charge is 2.28. The standard InChI is InChI=1S/C15H16N2O3/c1-19-15(18)14-10-17(8-9-20-14)13-6-7-16-12-5-3-2-4-11(12)13/h2-7,14H,8-10H2,1H3. The van der Waals surface area contributed by atoms with Gasteiger partial charge in [0.25, 0.3) is 0 Å². The second kappa shape index (κ2) is 5.46. The average molecular weight is 272 g/mol. The number of ether oxygens (including phenoxy) is 2. The van der Waals surface area contributed by atoms with E-state index in [1.807, 2.05) is 30.3 Å². The van der Waals surface area contributed by atoms with Gasteiger partial charge in [-0.2, -0.15) is 0 Å². The molecule has 1 fully saturated rings. The molecule has 20 heavy (non-hydrogen) atoms. The molecule has 5 heteroatoms. The fourth-order valence-corrected chi connectivity index (χ4v) is 2.50. The molecule has 1 aliphatic heterocycles. The van der Waals surface area contributed by atoms with Gasteiger partial charge < -0.3 is 14.4 Å². The van der Waals surface area contributed by atoms with Gasteiger partial charge >= 0.3 is 5.97 Å². The number of esters is 1. The third kappa shape index (κ3) is 2.32. The Hall–Kier alpha value is -2.14. The molecule has 0 amide bonds. The monoisotopic (exact) mass is 272 g/mol. The maximum Gasteiger partial charge on any atom is 0.336 e. The summed E-state index contributed by atoms with van der Waals surface area (Å²) in [5, 5.41) is 1.08. The highest BCUT2D eigenvalue weighted by atomic mass is 16.6. The Morgan fingerprint density at radius 1 is 1.40 bits per heavy atom. The largest absolute Gasteiger partial charge is 0.467 e. The van der Waals surface area contributed by atoms with Crippen molar-refractivity contribution in [2.75, 3.05) is 31.7 Å². The Labute approximate surface area is 117 Å². The topological polar surface area (TPSA) is 51.7 Å². The molecule has 1 aromatic heterocycles. The van der Waals surface area contributed by atoms with E-state index >= 15 is 0 Å². The van der Waals surface area contributed by atoms with Crippen molar-refractivity contribution in [1.29, 1.82) is 0 Å². The number of rotatable bonds is 2. The van der Waals surface area contributed by atoms with Crippen molar-refractivity contribution in [2.24, 2.45) is 0 Å². The Kier molecular flexibility index (Phi) is 3.52. The molecule has 0 N–H and O–H groups in total. The van der Waals surface area contributed by atoms with E-state index in [-0.39, 0.29) is 5.97 Å². The molecular formula is C15H16N2O3. The Morgan fingerprint density at radius 3 is 3.10 bits per heavy atom. The quantitative estimate of drug-likeness (QED) is 0.777. The number of hydrogen-bond acceptors (Lipinski definition) is 5. The van der Waals surface area contributed by atoms with Gasteiger partial charge in [-0.15, -0.1) is 0 Å². The van der Waals surface area contributed by atoms with Gasteiger partial charge in [-0.1, -0.05) is 18.2 Å². The smallest absolute Gasteiger partial charge is 0.336 e. The van der Waals surface area contributed by atoms with Gasteiger partial charge in [0.1, 0.15) is 0 Å². The number of fused-ring (bicyclic) bond motifs is 1. The van der Waals surface area contributed by atoms with Crippen LogP contribution in [0.1, 0.15) is 0 Å². The molecule has 1 atom stereocenters. The summed E-state index contributed by atoms with van der Waals surface area (Å²) in [5.41, 5.74) is 2.03. The Morgan fingerprint density at radius 2 is 2.25 bits per heavy atom. The highest BCUT2D eigenvalue weighted by molar-refractivity contribution is 5.91. The molecule has 0 aliphatic carbocycles. The SMILES string of the molecule is COC(=O)C1CN(c2ccnc3ccccc23)CCO1. The van der Waals surface area contributed by atoms with Crippen LogP contribution in [0.5, 0.6) is 0 Å². The first-order chi connectivity index (χ1) is 9.79. The molecule has 1 aliphatic rings. The second-order valence-electron chi connectivity index (χ2n) is 4.68. The first-order valence-electron chi connectivity index (χ1n) is 6.58. The summed E-state index contributed by atoms with van der Waals surface area (Å²) in [7, 11) is 1.38. The normalized spacial score (nSPS) is 19.1.